The van der Waals surface area contributed by atoms with E-state index in [1.54, 1.807) is 0 Å². The van der Waals surface area contributed by atoms with E-state index in [9.17, 15) is 58.7 Å². The zero-order valence-corrected chi connectivity index (χ0v) is 26.9. The molecule has 24 heteroatoms. The van der Waals surface area contributed by atoms with Gasteiger partial charge in [-0.25, -0.2) is 18.7 Å². The highest BCUT2D eigenvalue weighted by atomic mass is 31.3. The fourth-order valence-corrected chi connectivity index (χ4v) is 7.40. The van der Waals surface area contributed by atoms with E-state index >= 15 is 0 Å². The monoisotopic (exact) mass is 741 g/mol. The number of aliphatic hydroxyl groups is 5. The number of aromatic carboxylic acids is 1. The van der Waals surface area contributed by atoms with Gasteiger partial charge in [0.05, 0.1) is 25.4 Å². The molecular weight excluding hydrogens is 708 g/mol. The van der Waals surface area contributed by atoms with Gasteiger partial charge in [-0.3, -0.25) is 32.7 Å². The lowest BCUT2D eigenvalue weighted by atomic mass is 9.97. The zero-order valence-electron chi connectivity index (χ0n) is 25.2. The maximum absolute atomic E-state index is 13.8. The normalized spacial score (nSPS) is 31.0. The van der Waals surface area contributed by atoms with Gasteiger partial charge >= 0.3 is 27.3 Å². The van der Waals surface area contributed by atoms with E-state index in [4.69, 9.17) is 32.5 Å². The average molecular weight is 741 g/mol. The van der Waals surface area contributed by atoms with Gasteiger partial charge in [-0.05, 0) is 17.7 Å². The van der Waals surface area contributed by atoms with E-state index in [2.05, 4.69) is 5.32 Å². The van der Waals surface area contributed by atoms with Crippen LogP contribution in [-0.4, -0.2) is 119 Å². The Hall–Kier alpha value is -3.18. The van der Waals surface area contributed by atoms with Gasteiger partial charge in [-0.2, -0.15) is 4.31 Å². The number of nitrogens with zero attached hydrogens (tertiary/aromatic N) is 1. The average Bonchev–Trinajstić information content (AvgIpc) is 3.31. The standard InChI is InChI=1S/C25H33N3O19P2/c1-11(30)26-17-20(34)18(32)14(8-29)45-24(17)46-48(39,40)47-49(41,42-9-12-2-4-13(5-3-12)23(36)37)43-10-15-19(33)21(35)22(44-15)28-7-6-16(31)27-25(28)38/h2-7,14-15,17-22,24,29,32-35H,8-10H2,1H3,(H,26,30)(H,36,37)(H,39,40)(H,27,31,38)/t14-,15+,17-,18-,19+,20-,21+,22+,24-,49?/m1/s1. The minimum absolute atomic E-state index is 0.121. The van der Waals surface area contributed by atoms with E-state index in [-0.39, 0.29) is 11.1 Å². The van der Waals surface area contributed by atoms with Crippen LogP contribution in [-0.2, 0) is 47.9 Å². The maximum Gasteiger partial charge on any atom is 0.484 e. The van der Waals surface area contributed by atoms with Gasteiger partial charge in [0.25, 0.3) is 5.56 Å². The van der Waals surface area contributed by atoms with Gasteiger partial charge in [0.2, 0.25) is 5.91 Å². The number of phosphoric ester groups is 2. The van der Waals surface area contributed by atoms with Crippen molar-refractivity contribution in [1.82, 2.24) is 14.9 Å². The first-order chi connectivity index (χ1) is 22.9. The van der Waals surface area contributed by atoms with Crippen LogP contribution in [0.25, 0.3) is 0 Å². The number of carbonyl (C=O) groups excluding carboxylic acids is 1. The molecule has 11 atom stereocenters. The minimum atomic E-state index is -5.72. The van der Waals surface area contributed by atoms with Crippen LogP contribution in [0.4, 0.5) is 0 Å². The number of aromatic nitrogens is 2. The number of H-pyrrole nitrogens is 1. The van der Waals surface area contributed by atoms with E-state index in [1.165, 1.54) is 12.1 Å². The van der Waals surface area contributed by atoms with E-state index < -0.39 is 114 Å². The highest BCUT2D eigenvalue weighted by Crippen LogP contribution is 2.64. The number of aromatic amines is 1. The van der Waals surface area contributed by atoms with Gasteiger partial charge in [-0.1, -0.05) is 12.1 Å². The Labute approximate surface area is 274 Å². The number of carboxylic acid groups (broad SMARTS) is 1. The van der Waals surface area contributed by atoms with Gasteiger partial charge in [0, 0.05) is 19.2 Å². The number of carboxylic acids is 1. The second kappa shape index (κ2) is 15.8. The predicted molar refractivity (Wildman–Crippen MR) is 156 cm³/mol. The summed E-state index contributed by atoms with van der Waals surface area (Å²) in [7, 11) is -11.1. The first-order valence-corrected chi connectivity index (χ1v) is 17.1. The third kappa shape index (κ3) is 9.54. The van der Waals surface area contributed by atoms with Crippen molar-refractivity contribution >= 4 is 27.5 Å². The van der Waals surface area contributed by atoms with Crippen LogP contribution in [0.15, 0.2) is 46.1 Å². The van der Waals surface area contributed by atoms with E-state index in [0.29, 0.717) is 0 Å². The quantitative estimate of drug-likeness (QED) is 0.0888. The number of carbonyl (C=O) groups is 2. The van der Waals surface area contributed by atoms with Crippen molar-refractivity contribution in [1.29, 1.82) is 0 Å². The first-order valence-electron chi connectivity index (χ1n) is 14.1. The molecule has 2 aliphatic heterocycles. The Kier molecular flexibility index (Phi) is 12.4. The molecule has 0 bridgehead atoms. The summed E-state index contributed by atoms with van der Waals surface area (Å²) in [5.41, 5.74) is -1.75. The van der Waals surface area contributed by atoms with Crippen LogP contribution in [0, 0.1) is 0 Å². The third-order valence-corrected chi connectivity index (χ3v) is 10.2. The number of hydrogen-bond acceptors (Lipinski definition) is 17. The fraction of sp³-hybridized carbons (Fsp3) is 0.520. The molecule has 1 amide bonds. The first kappa shape index (κ1) is 38.6. The smallest absolute Gasteiger partial charge is 0.478 e. The molecular formula is C25H33N3O19P2. The number of benzene rings is 1. The second-order valence-corrected chi connectivity index (χ2v) is 13.9. The lowest BCUT2D eigenvalue weighted by molar-refractivity contribution is -0.247. The molecule has 0 spiro atoms. The second-order valence-electron chi connectivity index (χ2n) is 10.7. The molecule has 2 aromatic rings. The number of aliphatic hydroxyl groups excluding tert-OH is 5. The van der Waals surface area contributed by atoms with Crippen LogP contribution < -0.4 is 16.6 Å². The van der Waals surface area contributed by atoms with Gasteiger partial charge in [0.15, 0.2) is 12.5 Å². The Bertz CT molecular complexity index is 1700. The molecule has 22 nitrogen and oxygen atoms in total. The molecule has 2 saturated heterocycles. The number of amides is 1. The molecule has 2 fully saturated rings. The summed E-state index contributed by atoms with van der Waals surface area (Å²) in [5.74, 6) is -2.07. The Morgan fingerprint density at radius 1 is 0.959 bits per heavy atom. The van der Waals surface area contributed by atoms with Crippen LogP contribution in [0.2, 0.25) is 0 Å². The third-order valence-electron chi connectivity index (χ3n) is 7.14. The zero-order chi connectivity index (χ0) is 36.3. The van der Waals surface area contributed by atoms with Crippen molar-refractivity contribution in [2.24, 2.45) is 0 Å². The number of nitrogens with one attached hydrogen (secondary N) is 2. The van der Waals surface area contributed by atoms with Crippen molar-refractivity contribution in [3.8, 4) is 0 Å². The number of rotatable bonds is 14. The van der Waals surface area contributed by atoms with Crippen LogP contribution in [0.1, 0.15) is 29.1 Å². The van der Waals surface area contributed by atoms with E-state index in [1.807, 2.05) is 4.98 Å². The molecule has 0 saturated carbocycles. The van der Waals surface area contributed by atoms with Crippen LogP contribution in [0.3, 0.4) is 0 Å². The van der Waals surface area contributed by atoms with Gasteiger partial charge < -0.3 is 50.3 Å². The highest BCUT2D eigenvalue weighted by Gasteiger charge is 2.51. The molecule has 4 rings (SSSR count). The molecule has 0 radical (unpaired) electrons. The Balaban J connectivity index is 1.56. The van der Waals surface area contributed by atoms with Gasteiger partial charge in [-0.15, -0.1) is 0 Å². The molecule has 49 heavy (non-hydrogen) atoms. The van der Waals surface area contributed by atoms with Crippen molar-refractivity contribution in [2.75, 3.05) is 13.2 Å². The summed E-state index contributed by atoms with van der Waals surface area (Å²) < 4.78 is 58.5. The molecule has 2 aliphatic rings. The summed E-state index contributed by atoms with van der Waals surface area (Å²) >= 11 is 0. The molecule has 1 aromatic heterocycles. The SMILES string of the molecule is CC(=O)N[C@H]1[C@@H](OP(=O)(O)OP(=O)(OCc2ccc(C(=O)O)cc2)OC[C@@H]2O[C@H](n3ccc(=O)[nH]c3=O)[C@@H](O)[C@H]2O)O[C@H](CO)[C@@H](O)[C@@H]1O. The minimum Gasteiger partial charge on any atom is -0.478 e. The molecule has 0 aliphatic carbocycles. The van der Waals surface area contributed by atoms with E-state index in [0.717, 1.165) is 35.9 Å². The van der Waals surface area contributed by atoms with Crippen molar-refractivity contribution in [3.05, 3.63) is 68.5 Å². The lowest BCUT2D eigenvalue weighted by Gasteiger charge is -2.42. The molecule has 2 unspecified atom stereocenters. The predicted octanol–water partition coefficient (Wildman–Crippen LogP) is -2.73. The molecule has 9 N–H and O–H groups in total. The largest absolute Gasteiger partial charge is 0.484 e. The van der Waals surface area contributed by atoms with Crippen molar-refractivity contribution < 1.29 is 81.6 Å². The molecule has 272 valence electrons. The number of hydrogen-bond donors (Lipinski definition) is 9. The van der Waals surface area contributed by atoms with Crippen molar-refractivity contribution in [2.45, 2.75) is 68.7 Å². The molecule has 1 aromatic carbocycles. The molecule has 3 heterocycles. The number of ether oxygens (including phenoxy) is 2. The van der Waals surface area contributed by atoms with Crippen molar-refractivity contribution in [3.63, 3.8) is 0 Å². The van der Waals surface area contributed by atoms with Crippen LogP contribution in [0.5, 0.6) is 0 Å². The highest BCUT2D eigenvalue weighted by molar-refractivity contribution is 7.61. The Morgan fingerprint density at radius 3 is 2.20 bits per heavy atom. The number of phosphoric acid groups is 2. The topological polar surface area (TPSA) is 332 Å². The maximum atomic E-state index is 13.8. The summed E-state index contributed by atoms with van der Waals surface area (Å²) in [6, 6.07) is 4.01. The summed E-state index contributed by atoms with van der Waals surface area (Å²) in [4.78, 5) is 59.0. The summed E-state index contributed by atoms with van der Waals surface area (Å²) in [5, 5.41) is 62.4. The summed E-state index contributed by atoms with van der Waals surface area (Å²) in [6.07, 6.45) is -13.3. The Morgan fingerprint density at radius 2 is 1.61 bits per heavy atom. The lowest BCUT2D eigenvalue weighted by Crippen LogP contribution is -2.64. The van der Waals surface area contributed by atoms with Gasteiger partial charge in [0.1, 0.15) is 42.7 Å². The summed E-state index contributed by atoms with van der Waals surface area (Å²) in [6.45, 7) is -1.64. The fourth-order valence-electron chi connectivity index (χ4n) is 4.71. The van der Waals surface area contributed by atoms with Crippen LogP contribution >= 0.6 is 15.6 Å².